The van der Waals surface area contributed by atoms with Crippen molar-refractivity contribution in [2.75, 3.05) is 0 Å². The summed E-state index contributed by atoms with van der Waals surface area (Å²) in [5.74, 6) is -0.169. The van der Waals surface area contributed by atoms with Gasteiger partial charge in [-0.25, -0.2) is 4.39 Å². The van der Waals surface area contributed by atoms with Crippen LogP contribution >= 0.6 is 11.6 Å². The molecule has 0 unspecified atom stereocenters. The molecule has 126 valence electrons. The van der Waals surface area contributed by atoms with E-state index < -0.39 is 0 Å². The highest BCUT2D eigenvalue weighted by Gasteiger charge is 2.34. The normalized spacial score (nSPS) is 20.4. The predicted octanol–water partition coefficient (Wildman–Crippen LogP) is 5.11. The standard InChI is InChI=1S/C20H21ClFNO/c1-14-5-11-19(12-8-15-6-9-18(22)10-7-15)23(14)20(24)16-3-2-4-17(21)13-16/h2-4,6-7,9-10,13-14,19H,5,8,11-12H2,1H3/t14-,19-/m1/s1. The SMILES string of the molecule is C[C@@H]1CC[C@H](CCc2ccc(F)cc2)N1C(=O)c1cccc(Cl)c1. The molecule has 4 heteroatoms. The molecule has 2 aromatic rings. The second-order valence-corrected chi connectivity index (χ2v) is 6.90. The Hall–Kier alpha value is -1.87. The maximum Gasteiger partial charge on any atom is 0.254 e. The van der Waals surface area contributed by atoms with Gasteiger partial charge in [0.05, 0.1) is 0 Å². The van der Waals surface area contributed by atoms with Gasteiger partial charge in [0.25, 0.3) is 5.91 Å². The fraction of sp³-hybridized carbons (Fsp3) is 0.350. The first kappa shape index (κ1) is 17.0. The van der Waals surface area contributed by atoms with Crippen molar-refractivity contribution >= 4 is 17.5 Å². The third kappa shape index (κ3) is 3.78. The molecule has 2 aromatic carbocycles. The molecule has 1 aliphatic rings. The molecule has 0 spiro atoms. The first-order valence-electron chi connectivity index (χ1n) is 8.37. The summed E-state index contributed by atoms with van der Waals surface area (Å²) in [6.45, 7) is 2.10. The number of likely N-dealkylation sites (tertiary alicyclic amines) is 1. The fourth-order valence-electron chi connectivity index (χ4n) is 3.48. The maximum atomic E-state index is 13.0. The molecule has 0 aliphatic carbocycles. The van der Waals surface area contributed by atoms with E-state index in [9.17, 15) is 9.18 Å². The molecule has 0 radical (unpaired) electrons. The lowest BCUT2D eigenvalue weighted by atomic mass is 10.0. The third-order valence-electron chi connectivity index (χ3n) is 4.77. The summed E-state index contributed by atoms with van der Waals surface area (Å²) < 4.78 is 13.0. The Balaban J connectivity index is 1.70. The summed E-state index contributed by atoms with van der Waals surface area (Å²) in [6, 6.07) is 14.2. The smallest absolute Gasteiger partial charge is 0.254 e. The molecule has 1 aliphatic heterocycles. The minimum Gasteiger partial charge on any atom is -0.333 e. The Bertz CT molecular complexity index is 716. The van der Waals surface area contributed by atoms with Crippen LogP contribution in [0.15, 0.2) is 48.5 Å². The predicted molar refractivity (Wildman–Crippen MR) is 94.8 cm³/mol. The molecule has 2 nitrogen and oxygen atoms in total. The number of hydrogen-bond donors (Lipinski definition) is 0. The number of nitrogens with zero attached hydrogens (tertiary/aromatic N) is 1. The average Bonchev–Trinajstić information content (AvgIpc) is 2.94. The zero-order valence-corrected chi connectivity index (χ0v) is 14.5. The van der Waals surface area contributed by atoms with Crippen molar-refractivity contribution in [1.29, 1.82) is 0 Å². The van der Waals surface area contributed by atoms with Crippen molar-refractivity contribution in [3.63, 3.8) is 0 Å². The molecule has 1 fully saturated rings. The van der Waals surface area contributed by atoms with Gasteiger partial charge in [-0.1, -0.05) is 29.8 Å². The third-order valence-corrected chi connectivity index (χ3v) is 5.01. The number of benzene rings is 2. The summed E-state index contributed by atoms with van der Waals surface area (Å²) in [6.07, 6.45) is 3.76. The van der Waals surface area contributed by atoms with E-state index in [1.54, 1.807) is 12.1 Å². The Morgan fingerprint density at radius 3 is 2.67 bits per heavy atom. The highest BCUT2D eigenvalue weighted by molar-refractivity contribution is 6.30. The minimum atomic E-state index is -0.217. The van der Waals surface area contributed by atoms with Crippen LogP contribution in [0.5, 0.6) is 0 Å². The monoisotopic (exact) mass is 345 g/mol. The Morgan fingerprint density at radius 1 is 1.21 bits per heavy atom. The van der Waals surface area contributed by atoms with Crippen molar-refractivity contribution in [3.05, 3.63) is 70.5 Å². The molecule has 1 amide bonds. The lowest BCUT2D eigenvalue weighted by Crippen LogP contribution is -2.40. The quantitative estimate of drug-likeness (QED) is 0.754. The van der Waals surface area contributed by atoms with Gasteiger partial charge in [-0.2, -0.15) is 0 Å². The molecule has 1 saturated heterocycles. The number of halogens is 2. The Kier molecular flexibility index (Phi) is 5.20. The number of carbonyl (C=O) groups excluding carboxylic acids is 1. The first-order valence-corrected chi connectivity index (χ1v) is 8.75. The van der Waals surface area contributed by atoms with E-state index in [0.717, 1.165) is 31.2 Å². The maximum absolute atomic E-state index is 13.0. The van der Waals surface area contributed by atoms with Gasteiger partial charge in [0, 0.05) is 22.7 Å². The average molecular weight is 346 g/mol. The van der Waals surface area contributed by atoms with Gasteiger partial charge in [0.1, 0.15) is 5.82 Å². The highest BCUT2D eigenvalue weighted by Crippen LogP contribution is 2.29. The van der Waals surface area contributed by atoms with E-state index in [4.69, 9.17) is 11.6 Å². The van der Waals surface area contributed by atoms with Crippen LogP contribution in [-0.2, 0) is 6.42 Å². The number of amides is 1. The largest absolute Gasteiger partial charge is 0.333 e. The van der Waals surface area contributed by atoms with Gasteiger partial charge in [-0.3, -0.25) is 4.79 Å². The van der Waals surface area contributed by atoms with Gasteiger partial charge in [0.2, 0.25) is 0 Å². The van der Waals surface area contributed by atoms with Gasteiger partial charge in [-0.05, 0) is 68.5 Å². The lowest BCUT2D eigenvalue weighted by molar-refractivity contribution is 0.0673. The van der Waals surface area contributed by atoms with Gasteiger partial charge in [-0.15, -0.1) is 0 Å². The zero-order valence-electron chi connectivity index (χ0n) is 13.7. The molecule has 0 bridgehead atoms. The Labute approximate surface area is 147 Å². The van der Waals surface area contributed by atoms with Crippen LogP contribution in [0.2, 0.25) is 5.02 Å². The van der Waals surface area contributed by atoms with E-state index in [2.05, 4.69) is 6.92 Å². The summed E-state index contributed by atoms with van der Waals surface area (Å²) in [7, 11) is 0. The molecule has 0 saturated carbocycles. The van der Waals surface area contributed by atoms with Crippen LogP contribution in [0.3, 0.4) is 0 Å². The topological polar surface area (TPSA) is 20.3 Å². The molecular formula is C20H21ClFNO. The minimum absolute atomic E-state index is 0.0478. The van der Waals surface area contributed by atoms with Gasteiger partial charge in [0.15, 0.2) is 0 Å². The molecular weight excluding hydrogens is 325 g/mol. The van der Waals surface area contributed by atoms with Gasteiger partial charge >= 0.3 is 0 Å². The Morgan fingerprint density at radius 2 is 1.96 bits per heavy atom. The van der Waals surface area contributed by atoms with Crippen LogP contribution in [0.25, 0.3) is 0 Å². The molecule has 24 heavy (non-hydrogen) atoms. The molecule has 1 heterocycles. The lowest BCUT2D eigenvalue weighted by Gasteiger charge is -2.29. The van der Waals surface area contributed by atoms with Crippen molar-refractivity contribution in [3.8, 4) is 0 Å². The summed E-state index contributed by atoms with van der Waals surface area (Å²) in [5, 5.41) is 0.579. The van der Waals surface area contributed by atoms with Crippen molar-refractivity contribution < 1.29 is 9.18 Å². The highest BCUT2D eigenvalue weighted by atomic mass is 35.5. The summed E-state index contributed by atoms with van der Waals surface area (Å²) in [4.78, 5) is 14.9. The second-order valence-electron chi connectivity index (χ2n) is 6.47. The number of carbonyl (C=O) groups is 1. The van der Waals surface area contributed by atoms with Crippen molar-refractivity contribution in [2.45, 2.75) is 44.7 Å². The second kappa shape index (κ2) is 7.35. The van der Waals surface area contributed by atoms with Crippen LogP contribution in [0.1, 0.15) is 42.1 Å². The van der Waals surface area contributed by atoms with E-state index in [1.807, 2.05) is 29.2 Å². The first-order chi connectivity index (χ1) is 11.5. The van der Waals surface area contributed by atoms with E-state index in [-0.39, 0.29) is 23.8 Å². The van der Waals surface area contributed by atoms with E-state index in [0.29, 0.717) is 10.6 Å². The fourth-order valence-corrected chi connectivity index (χ4v) is 3.67. The van der Waals surface area contributed by atoms with Crippen LogP contribution in [-0.4, -0.2) is 22.9 Å². The summed E-state index contributed by atoms with van der Waals surface area (Å²) in [5.41, 5.74) is 1.74. The van der Waals surface area contributed by atoms with E-state index >= 15 is 0 Å². The molecule has 2 atom stereocenters. The molecule has 0 aromatic heterocycles. The summed E-state index contributed by atoms with van der Waals surface area (Å²) >= 11 is 6.02. The van der Waals surface area contributed by atoms with Crippen molar-refractivity contribution in [2.24, 2.45) is 0 Å². The van der Waals surface area contributed by atoms with Crippen LogP contribution in [0.4, 0.5) is 4.39 Å². The number of hydrogen-bond acceptors (Lipinski definition) is 1. The number of aryl methyl sites for hydroxylation is 1. The van der Waals surface area contributed by atoms with Crippen LogP contribution < -0.4 is 0 Å². The van der Waals surface area contributed by atoms with Crippen molar-refractivity contribution in [1.82, 2.24) is 4.90 Å². The molecule has 3 rings (SSSR count). The van der Waals surface area contributed by atoms with Crippen LogP contribution in [0, 0.1) is 5.82 Å². The number of rotatable bonds is 4. The molecule has 0 N–H and O–H groups in total. The van der Waals surface area contributed by atoms with E-state index in [1.165, 1.54) is 12.1 Å². The van der Waals surface area contributed by atoms with Gasteiger partial charge < -0.3 is 4.90 Å². The zero-order chi connectivity index (χ0) is 17.1.